The van der Waals surface area contributed by atoms with Gasteiger partial charge in [0.05, 0.1) is 35.7 Å². The zero-order valence-electron chi connectivity index (χ0n) is 21.3. The van der Waals surface area contributed by atoms with Gasteiger partial charge in [-0.3, -0.25) is 4.79 Å². The van der Waals surface area contributed by atoms with Gasteiger partial charge >= 0.3 is 0 Å². The maximum Gasteiger partial charge on any atom is 0.239 e. The molecular weight excluding hydrogens is 494 g/mol. The van der Waals surface area contributed by atoms with Crippen LogP contribution in [0.15, 0.2) is 73.3 Å². The second-order valence-corrected chi connectivity index (χ2v) is 9.65. The number of likely N-dealkylation sites (tertiary alicyclic amines) is 1. The summed E-state index contributed by atoms with van der Waals surface area (Å²) in [5, 5.41) is 5.29. The summed E-state index contributed by atoms with van der Waals surface area (Å²) < 4.78 is 7.76. The SMILES string of the molecule is Nc1nc(-c2ccc(Oc3ccccc3)cc2)nc2c1cnn2[C@@H]1CCCN(C(=O)[C@H](N)Cc2c[nH]cn2)C1. The van der Waals surface area contributed by atoms with E-state index in [4.69, 9.17) is 21.2 Å². The third kappa shape index (κ3) is 5.16. The number of aromatic amines is 1. The molecule has 0 bridgehead atoms. The van der Waals surface area contributed by atoms with Crippen LogP contribution in [0.25, 0.3) is 22.4 Å². The van der Waals surface area contributed by atoms with Crippen LogP contribution in [0.5, 0.6) is 11.5 Å². The molecule has 1 fully saturated rings. The van der Waals surface area contributed by atoms with Gasteiger partial charge in [-0.2, -0.15) is 5.10 Å². The molecule has 3 aromatic heterocycles. The number of hydrogen-bond acceptors (Lipinski definition) is 8. The number of imidazole rings is 1. The summed E-state index contributed by atoms with van der Waals surface area (Å²) in [5.41, 5.74) is 14.8. The molecule has 5 N–H and O–H groups in total. The van der Waals surface area contributed by atoms with Crippen molar-refractivity contribution in [2.75, 3.05) is 18.8 Å². The molecule has 2 atom stereocenters. The van der Waals surface area contributed by atoms with Gasteiger partial charge in [0.25, 0.3) is 0 Å². The Morgan fingerprint density at radius 1 is 1.10 bits per heavy atom. The third-order valence-electron chi connectivity index (χ3n) is 6.93. The van der Waals surface area contributed by atoms with Gasteiger partial charge in [0.2, 0.25) is 5.91 Å². The Balaban J connectivity index is 1.22. The number of nitrogens with zero attached hydrogens (tertiary/aromatic N) is 6. The van der Waals surface area contributed by atoms with Crippen molar-refractivity contribution >= 4 is 22.8 Å². The van der Waals surface area contributed by atoms with Gasteiger partial charge in [0, 0.05) is 31.3 Å². The minimum Gasteiger partial charge on any atom is -0.457 e. The lowest BCUT2D eigenvalue weighted by Gasteiger charge is -2.34. The number of ether oxygens (including phenoxy) is 1. The van der Waals surface area contributed by atoms with Crippen LogP contribution in [0.2, 0.25) is 0 Å². The fraction of sp³-hybridized carbons (Fsp3) is 0.250. The molecule has 0 aliphatic carbocycles. The molecule has 4 heterocycles. The topological polar surface area (TPSA) is 154 Å². The number of carbonyl (C=O) groups is 1. The molecule has 39 heavy (non-hydrogen) atoms. The van der Waals surface area contributed by atoms with Gasteiger partial charge in [-0.15, -0.1) is 0 Å². The van der Waals surface area contributed by atoms with Crippen LogP contribution in [0, 0.1) is 0 Å². The van der Waals surface area contributed by atoms with Crippen molar-refractivity contribution in [3.05, 3.63) is 79.0 Å². The third-order valence-corrected chi connectivity index (χ3v) is 6.93. The summed E-state index contributed by atoms with van der Waals surface area (Å²) in [4.78, 5) is 31.4. The van der Waals surface area contributed by atoms with Crippen LogP contribution >= 0.6 is 0 Å². The quantitative estimate of drug-likeness (QED) is 0.294. The molecular formula is C28H29N9O2. The number of piperidine rings is 1. The Labute approximate surface area is 224 Å². The molecule has 0 radical (unpaired) electrons. The van der Waals surface area contributed by atoms with E-state index in [9.17, 15) is 4.79 Å². The minimum atomic E-state index is -0.653. The van der Waals surface area contributed by atoms with Crippen LogP contribution in [0.3, 0.4) is 0 Å². The van der Waals surface area contributed by atoms with Crippen molar-refractivity contribution < 1.29 is 9.53 Å². The average Bonchev–Trinajstić information content (AvgIpc) is 3.64. The number of carbonyl (C=O) groups excluding carboxylic acids is 1. The van der Waals surface area contributed by atoms with E-state index in [0.717, 1.165) is 29.8 Å². The van der Waals surface area contributed by atoms with E-state index in [1.807, 2.05) is 64.2 Å². The molecule has 0 saturated carbocycles. The predicted molar refractivity (Wildman–Crippen MR) is 147 cm³/mol. The zero-order chi connectivity index (χ0) is 26.8. The fourth-order valence-electron chi connectivity index (χ4n) is 4.94. The molecule has 198 valence electrons. The van der Waals surface area contributed by atoms with E-state index >= 15 is 0 Å². The first kappa shape index (κ1) is 24.6. The Bertz CT molecular complexity index is 1570. The highest BCUT2D eigenvalue weighted by molar-refractivity contribution is 5.87. The van der Waals surface area contributed by atoms with E-state index in [1.165, 1.54) is 0 Å². The number of nitrogen functional groups attached to an aromatic ring is 1. The van der Waals surface area contributed by atoms with Crippen LogP contribution in [-0.4, -0.2) is 59.7 Å². The second kappa shape index (κ2) is 10.5. The number of anilines is 1. The van der Waals surface area contributed by atoms with Crippen molar-refractivity contribution in [2.24, 2.45) is 5.73 Å². The van der Waals surface area contributed by atoms with Gasteiger partial charge in [0.1, 0.15) is 17.3 Å². The number of benzene rings is 2. The molecule has 11 nitrogen and oxygen atoms in total. The first-order valence-corrected chi connectivity index (χ1v) is 12.9. The Morgan fingerprint density at radius 2 is 1.90 bits per heavy atom. The van der Waals surface area contributed by atoms with Crippen molar-refractivity contribution in [3.8, 4) is 22.9 Å². The number of nitrogens with one attached hydrogen (secondary N) is 1. The van der Waals surface area contributed by atoms with Crippen molar-refractivity contribution in [1.29, 1.82) is 0 Å². The molecule has 11 heteroatoms. The molecule has 1 saturated heterocycles. The normalized spacial score (nSPS) is 16.3. The van der Waals surface area contributed by atoms with Gasteiger partial charge in [-0.25, -0.2) is 19.6 Å². The smallest absolute Gasteiger partial charge is 0.239 e. The molecule has 0 unspecified atom stereocenters. The van der Waals surface area contributed by atoms with Gasteiger partial charge in [0.15, 0.2) is 11.5 Å². The summed E-state index contributed by atoms with van der Waals surface area (Å²) in [7, 11) is 0. The van der Waals surface area contributed by atoms with Crippen LogP contribution < -0.4 is 16.2 Å². The molecule has 1 aliphatic rings. The number of hydrogen-bond donors (Lipinski definition) is 3. The lowest BCUT2D eigenvalue weighted by atomic mass is 10.0. The number of para-hydroxylation sites is 1. The van der Waals surface area contributed by atoms with Gasteiger partial charge < -0.3 is 26.1 Å². The van der Waals surface area contributed by atoms with E-state index in [-0.39, 0.29) is 11.9 Å². The molecule has 5 aromatic rings. The number of rotatable bonds is 7. The highest BCUT2D eigenvalue weighted by Gasteiger charge is 2.30. The second-order valence-electron chi connectivity index (χ2n) is 9.65. The molecule has 2 aromatic carbocycles. The van der Waals surface area contributed by atoms with Gasteiger partial charge in [-0.05, 0) is 49.2 Å². The van der Waals surface area contributed by atoms with Crippen molar-refractivity contribution in [1.82, 2.24) is 34.6 Å². The summed E-state index contributed by atoms with van der Waals surface area (Å²) in [6.45, 7) is 1.15. The fourth-order valence-corrected chi connectivity index (χ4v) is 4.94. The molecule has 1 aliphatic heterocycles. The predicted octanol–water partition coefficient (Wildman–Crippen LogP) is 3.32. The summed E-state index contributed by atoms with van der Waals surface area (Å²) >= 11 is 0. The number of H-pyrrole nitrogens is 1. The van der Waals surface area contributed by atoms with E-state index in [0.29, 0.717) is 47.9 Å². The highest BCUT2D eigenvalue weighted by Crippen LogP contribution is 2.30. The van der Waals surface area contributed by atoms with Crippen LogP contribution in [0.1, 0.15) is 24.6 Å². The standard InChI is InChI=1S/C28H29N9O2/c29-24(13-19-14-31-17-32-19)28(38)36-12-4-5-20(16-36)37-27-23(15-33-37)25(30)34-26(35-27)18-8-10-22(11-9-18)39-21-6-2-1-3-7-21/h1-3,6-11,14-15,17,20,24H,4-5,12-13,16,29H2,(H,31,32)(H2,30,34,35)/t20-,24-/m1/s1. The lowest BCUT2D eigenvalue weighted by molar-refractivity contribution is -0.134. The largest absolute Gasteiger partial charge is 0.457 e. The summed E-state index contributed by atoms with van der Waals surface area (Å²) in [5.74, 6) is 2.24. The number of aromatic nitrogens is 6. The molecule has 6 rings (SSSR count). The zero-order valence-corrected chi connectivity index (χ0v) is 21.3. The Morgan fingerprint density at radius 3 is 2.67 bits per heavy atom. The molecule has 1 amide bonds. The van der Waals surface area contributed by atoms with Crippen molar-refractivity contribution in [3.63, 3.8) is 0 Å². The summed E-state index contributed by atoms with van der Waals surface area (Å²) in [6, 6.07) is 16.5. The van der Waals surface area contributed by atoms with E-state index in [1.54, 1.807) is 18.7 Å². The van der Waals surface area contributed by atoms with E-state index in [2.05, 4.69) is 20.1 Å². The number of nitrogens with two attached hydrogens (primary N) is 2. The highest BCUT2D eigenvalue weighted by atomic mass is 16.5. The number of fused-ring (bicyclic) bond motifs is 1. The lowest BCUT2D eigenvalue weighted by Crippen LogP contribution is -2.49. The summed E-state index contributed by atoms with van der Waals surface area (Å²) in [6.07, 6.45) is 7.11. The Hall–Kier alpha value is -4.77. The van der Waals surface area contributed by atoms with E-state index < -0.39 is 6.04 Å². The maximum absolute atomic E-state index is 13.1. The Kier molecular flexibility index (Phi) is 6.64. The number of amides is 1. The molecule has 0 spiro atoms. The first-order chi connectivity index (χ1) is 19.0. The van der Waals surface area contributed by atoms with Crippen LogP contribution in [0.4, 0.5) is 5.82 Å². The van der Waals surface area contributed by atoms with Crippen molar-refractivity contribution in [2.45, 2.75) is 31.3 Å². The minimum absolute atomic E-state index is 0.0541. The maximum atomic E-state index is 13.1. The monoisotopic (exact) mass is 523 g/mol. The van der Waals surface area contributed by atoms with Crippen LogP contribution in [-0.2, 0) is 11.2 Å². The first-order valence-electron chi connectivity index (χ1n) is 12.9. The van der Waals surface area contributed by atoms with Gasteiger partial charge in [-0.1, -0.05) is 18.2 Å². The average molecular weight is 524 g/mol.